The summed E-state index contributed by atoms with van der Waals surface area (Å²) in [5, 5.41) is 14.2. The number of carboxylic acid groups (broad SMARTS) is 1. The fraction of sp³-hybridized carbons (Fsp3) is 0.600. The number of nitrogens with one attached hydrogen (secondary N) is 2. The zero-order chi connectivity index (χ0) is 15.5. The maximum Gasteiger partial charge on any atom is 0.314 e. The van der Waals surface area contributed by atoms with Crippen LogP contribution in [0.2, 0.25) is 0 Å². The van der Waals surface area contributed by atoms with Crippen molar-refractivity contribution in [3.8, 4) is 0 Å². The molecule has 0 bridgehead atoms. The zero-order valence-electron chi connectivity index (χ0n) is 12.4. The molecule has 0 aliphatic rings. The fourth-order valence-corrected chi connectivity index (χ4v) is 2.09. The van der Waals surface area contributed by atoms with Gasteiger partial charge in [0.15, 0.2) is 0 Å². The second kappa shape index (κ2) is 9.85. The lowest BCUT2D eigenvalue weighted by Crippen LogP contribution is -2.37. The third-order valence-corrected chi connectivity index (χ3v) is 3.42. The number of carbonyl (C=O) groups excluding carboxylic acids is 1. The van der Waals surface area contributed by atoms with Crippen molar-refractivity contribution in [3.05, 3.63) is 24.2 Å². The lowest BCUT2D eigenvalue weighted by molar-refractivity contribution is -0.137. The average Bonchev–Trinajstić information content (AvgIpc) is 2.95. The van der Waals surface area contributed by atoms with Crippen molar-refractivity contribution in [2.45, 2.75) is 39.0 Å². The van der Waals surface area contributed by atoms with Crippen LogP contribution < -0.4 is 10.6 Å². The van der Waals surface area contributed by atoms with Gasteiger partial charge in [-0.3, -0.25) is 4.79 Å². The van der Waals surface area contributed by atoms with Crippen molar-refractivity contribution >= 4 is 12.0 Å². The van der Waals surface area contributed by atoms with E-state index in [4.69, 9.17) is 9.52 Å². The Morgan fingerprint density at radius 1 is 1.29 bits per heavy atom. The van der Waals surface area contributed by atoms with Crippen LogP contribution in [0.25, 0.3) is 0 Å². The molecule has 6 heteroatoms. The molecule has 0 aliphatic carbocycles. The number of hydrogen-bond acceptors (Lipinski definition) is 3. The highest BCUT2D eigenvalue weighted by molar-refractivity contribution is 5.73. The van der Waals surface area contributed by atoms with E-state index in [-0.39, 0.29) is 12.5 Å². The molecule has 1 atom stereocenters. The molecular formula is C15H24N2O4. The Kier molecular flexibility index (Phi) is 8.01. The van der Waals surface area contributed by atoms with Crippen LogP contribution in [-0.2, 0) is 11.2 Å². The van der Waals surface area contributed by atoms with Crippen LogP contribution in [0.4, 0.5) is 4.79 Å². The highest BCUT2D eigenvalue weighted by Gasteiger charge is 2.09. The number of urea groups is 1. The summed E-state index contributed by atoms with van der Waals surface area (Å²) < 4.78 is 5.17. The molecule has 0 saturated heterocycles. The van der Waals surface area contributed by atoms with Gasteiger partial charge < -0.3 is 20.2 Å². The molecule has 1 aromatic rings. The summed E-state index contributed by atoms with van der Waals surface area (Å²) in [5.74, 6) is 0.414. The summed E-state index contributed by atoms with van der Waals surface area (Å²) in [6.45, 7) is 3.12. The van der Waals surface area contributed by atoms with Crippen molar-refractivity contribution in [2.24, 2.45) is 5.92 Å². The quantitative estimate of drug-likeness (QED) is 0.618. The number of furan rings is 1. The molecule has 2 amide bonds. The minimum Gasteiger partial charge on any atom is -0.481 e. The standard InChI is InChI=1S/C15H24N2O4/c1-2-12(5-6-14(18)19)7-9-16-15(20)17-10-8-13-4-3-11-21-13/h3-4,11-12H,2,5-10H2,1H3,(H,18,19)(H2,16,17,20). The molecule has 0 aromatic carbocycles. The van der Waals surface area contributed by atoms with Crippen LogP contribution in [0.3, 0.4) is 0 Å². The van der Waals surface area contributed by atoms with Crippen molar-refractivity contribution in [2.75, 3.05) is 13.1 Å². The van der Waals surface area contributed by atoms with Gasteiger partial charge in [0.25, 0.3) is 0 Å². The first kappa shape index (κ1) is 17.1. The van der Waals surface area contributed by atoms with E-state index in [1.165, 1.54) is 0 Å². The number of carboxylic acids is 1. The van der Waals surface area contributed by atoms with Crippen molar-refractivity contribution in [3.63, 3.8) is 0 Å². The molecule has 1 heterocycles. The summed E-state index contributed by atoms with van der Waals surface area (Å²) in [6.07, 6.45) is 4.85. The summed E-state index contributed by atoms with van der Waals surface area (Å²) in [4.78, 5) is 22.1. The number of carbonyl (C=O) groups is 2. The Bertz CT molecular complexity index is 417. The normalized spacial score (nSPS) is 11.9. The zero-order valence-corrected chi connectivity index (χ0v) is 12.4. The Labute approximate surface area is 124 Å². The van der Waals surface area contributed by atoms with Crippen LogP contribution in [0.5, 0.6) is 0 Å². The van der Waals surface area contributed by atoms with Gasteiger partial charge in [-0.05, 0) is 30.9 Å². The summed E-state index contributed by atoms with van der Waals surface area (Å²) >= 11 is 0. The van der Waals surface area contributed by atoms with Gasteiger partial charge in [-0.1, -0.05) is 13.3 Å². The molecule has 0 saturated carbocycles. The van der Waals surface area contributed by atoms with Crippen LogP contribution >= 0.6 is 0 Å². The Balaban J connectivity index is 2.07. The first-order valence-electron chi connectivity index (χ1n) is 7.37. The molecule has 1 rings (SSSR count). The predicted molar refractivity (Wildman–Crippen MR) is 79.1 cm³/mol. The molecule has 1 aromatic heterocycles. The number of hydrogen-bond donors (Lipinski definition) is 3. The van der Waals surface area contributed by atoms with Crippen molar-refractivity contribution in [1.82, 2.24) is 10.6 Å². The molecule has 0 radical (unpaired) electrons. The van der Waals surface area contributed by atoms with E-state index in [9.17, 15) is 9.59 Å². The van der Waals surface area contributed by atoms with E-state index >= 15 is 0 Å². The minimum atomic E-state index is -0.767. The average molecular weight is 296 g/mol. The van der Waals surface area contributed by atoms with Gasteiger partial charge in [0, 0.05) is 25.9 Å². The van der Waals surface area contributed by atoms with E-state index in [0.29, 0.717) is 31.8 Å². The van der Waals surface area contributed by atoms with Gasteiger partial charge >= 0.3 is 12.0 Å². The minimum absolute atomic E-state index is 0.188. The second-order valence-corrected chi connectivity index (χ2v) is 5.01. The number of amides is 2. The van der Waals surface area contributed by atoms with E-state index in [2.05, 4.69) is 10.6 Å². The maximum atomic E-state index is 11.6. The smallest absolute Gasteiger partial charge is 0.314 e. The highest BCUT2D eigenvalue weighted by Crippen LogP contribution is 2.14. The summed E-state index contributed by atoms with van der Waals surface area (Å²) in [7, 11) is 0. The van der Waals surface area contributed by atoms with Crippen molar-refractivity contribution < 1.29 is 19.1 Å². The highest BCUT2D eigenvalue weighted by atomic mass is 16.4. The summed E-state index contributed by atoms with van der Waals surface area (Å²) in [5.41, 5.74) is 0. The number of rotatable bonds is 10. The molecule has 0 fully saturated rings. The van der Waals surface area contributed by atoms with Gasteiger partial charge in [-0.15, -0.1) is 0 Å². The fourth-order valence-electron chi connectivity index (χ4n) is 2.09. The van der Waals surface area contributed by atoms with Gasteiger partial charge in [-0.2, -0.15) is 0 Å². The van der Waals surface area contributed by atoms with E-state index < -0.39 is 5.97 Å². The second-order valence-electron chi connectivity index (χ2n) is 5.01. The molecule has 21 heavy (non-hydrogen) atoms. The van der Waals surface area contributed by atoms with Crippen LogP contribution in [0.1, 0.15) is 38.4 Å². The van der Waals surface area contributed by atoms with Crippen LogP contribution in [-0.4, -0.2) is 30.2 Å². The molecule has 1 unspecified atom stereocenters. The van der Waals surface area contributed by atoms with Gasteiger partial charge in [-0.25, -0.2) is 4.79 Å². The van der Waals surface area contributed by atoms with Gasteiger partial charge in [0.2, 0.25) is 0 Å². The number of aliphatic carboxylic acids is 1. The summed E-state index contributed by atoms with van der Waals surface area (Å²) in [6, 6.07) is 3.49. The topological polar surface area (TPSA) is 91.6 Å². The lowest BCUT2D eigenvalue weighted by atomic mass is 9.97. The first-order valence-corrected chi connectivity index (χ1v) is 7.37. The van der Waals surface area contributed by atoms with Crippen LogP contribution in [0, 0.1) is 5.92 Å². The largest absolute Gasteiger partial charge is 0.481 e. The Morgan fingerprint density at radius 2 is 2.05 bits per heavy atom. The van der Waals surface area contributed by atoms with Crippen LogP contribution in [0.15, 0.2) is 22.8 Å². The third-order valence-electron chi connectivity index (χ3n) is 3.42. The van der Waals surface area contributed by atoms with Crippen molar-refractivity contribution in [1.29, 1.82) is 0 Å². The van der Waals surface area contributed by atoms with Gasteiger partial charge in [0.1, 0.15) is 5.76 Å². The van der Waals surface area contributed by atoms with E-state index in [1.807, 2.05) is 19.1 Å². The predicted octanol–water partition coefficient (Wildman–Crippen LogP) is 2.40. The van der Waals surface area contributed by atoms with E-state index in [0.717, 1.165) is 18.6 Å². The van der Waals surface area contributed by atoms with Gasteiger partial charge in [0.05, 0.1) is 6.26 Å². The molecule has 118 valence electrons. The maximum absolute atomic E-state index is 11.6. The molecular weight excluding hydrogens is 272 g/mol. The molecule has 3 N–H and O–H groups in total. The first-order chi connectivity index (χ1) is 10.1. The Hall–Kier alpha value is -1.98. The molecule has 6 nitrogen and oxygen atoms in total. The Morgan fingerprint density at radius 3 is 2.67 bits per heavy atom. The lowest BCUT2D eigenvalue weighted by Gasteiger charge is -2.14. The molecule has 0 aliphatic heterocycles. The third kappa shape index (κ3) is 8.02. The SMILES string of the molecule is CCC(CCNC(=O)NCCc1ccco1)CCC(=O)O. The monoisotopic (exact) mass is 296 g/mol. The van der Waals surface area contributed by atoms with E-state index in [1.54, 1.807) is 6.26 Å². The molecule has 0 spiro atoms.